The molecule has 2 aromatic rings. The van der Waals surface area contributed by atoms with Gasteiger partial charge in [-0.2, -0.15) is 0 Å². The van der Waals surface area contributed by atoms with Crippen LogP contribution in [0.2, 0.25) is 0 Å². The van der Waals surface area contributed by atoms with Gasteiger partial charge in [-0.1, -0.05) is 19.1 Å². The van der Waals surface area contributed by atoms with Gasteiger partial charge < -0.3 is 10.6 Å². The average Bonchev–Trinajstić information content (AvgIpc) is 2.99. The van der Waals surface area contributed by atoms with Gasteiger partial charge in [-0.25, -0.2) is 0 Å². The van der Waals surface area contributed by atoms with Crippen molar-refractivity contribution in [2.24, 2.45) is 5.73 Å². The van der Waals surface area contributed by atoms with E-state index in [2.05, 4.69) is 25.1 Å². The molecule has 0 saturated carbocycles. The highest BCUT2D eigenvalue weighted by atomic mass is 32.1. The van der Waals surface area contributed by atoms with Crippen molar-refractivity contribution in [1.82, 2.24) is 0 Å². The molecule has 0 spiro atoms. The molecule has 3 rings (SSSR count). The lowest BCUT2D eigenvalue weighted by molar-refractivity contribution is -0.118. The Hall–Kier alpha value is -1.65. The Kier molecular flexibility index (Phi) is 3.83. The fraction of sp³-hybridized carbons (Fsp3) is 0.353. The molecule has 110 valence electrons. The quantitative estimate of drug-likeness (QED) is 0.945. The van der Waals surface area contributed by atoms with Gasteiger partial charge in [-0.3, -0.25) is 4.79 Å². The number of carbonyl (C=O) groups excluding carboxylic acids is 1. The third kappa shape index (κ3) is 2.61. The molecule has 4 heteroatoms. The Balaban J connectivity index is 1.91. The summed E-state index contributed by atoms with van der Waals surface area (Å²) in [5, 5.41) is 0. The van der Waals surface area contributed by atoms with E-state index < -0.39 is 0 Å². The molecule has 0 bridgehead atoms. The molecule has 1 amide bonds. The van der Waals surface area contributed by atoms with E-state index in [0.29, 0.717) is 6.42 Å². The summed E-state index contributed by atoms with van der Waals surface area (Å²) in [5.41, 5.74) is 9.77. The summed E-state index contributed by atoms with van der Waals surface area (Å²) in [6, 6.07) is 10.4. The van der Waals surface area contributed by atoms with Crippen molar-refractivity contribution in [2.45, 2.75) is 32.2 Å². The van der Waals surface area contributed by atoms with Gasteiger partial charge in [0.15, 0.2) is 0 Å². The first-order valence-electron chi connectivity index (χ1n) is 7.33. The lowest BCUT2D eigenvalue weighted by Gasteiger charge is -2.26. The second-order valence-corrected chi connectivity index (χ2v) is 6.68. The molecule has 3 nitrogen and oxygen atoms in total. The second kappa shape index (κ2) is 5.62. The first kappa shape index (κ1) is 14.3. The standard InChI is InChI=1S/C17H20N2OS/c1-3-13-6-8-15(21-13)17(18)12-4-7-14-11(10-12)5-9-16(20)19(14)2/h4,6-8,10,17H,3,5,9,18H2,1-2H3. The maximum absolute atomic E-state index is 11.7. The van der Waals surface area contributed by atoms with Gasteiger partial charge >= 0.3 is 0 Å². The molecule has 21 heavy (non-hydrogen) atoms. The number of benzene rings is 1. The fourth-order valence-electron chi connectivity index (χ4n) is 2.79. The van der Waals surface area contributed by atoms with Gasteiger partial charge in [0, 0.05) is 28.9 Å². The fourth-order valence-corrected chi connectivity index (χ4v) is 3.77. The van der Waals surface area contributed by atoms with Crippen LogP contribution in [0.3, 0.4) is 0 Å². The van der Waals surface area contributed by atoms with E-state index >= 15 is 0 Å². The molecule has 0 saturated heterocycles. The van der Waals surface area contributed by atoms with Crippen LogP contribution < -0.4 is 10.6 Å². The van der Waals surface area contributed by atoms with Crippen molar-refractivity contribution in [3.8, 4) is 0 Å². The highest BCUT2D eigenvalue weighted by molar-refractivity contribution is 7.12. The van der Waals surface area contributed by atoms with Gasteiger partial charge in [0.25, 0.3) is 0 Å². The summed E-state index contributed by atoms with van der Waals surface area (Å²) in [7, 11) is 1.84. The lowest BCUT2D eigenvalue weighted by Crippen LogP contribution is -2.31. The Morgan fingerprint density at radius 1 is 1.29 bits per heavy atom. The highest BCUT2D eigenvalue weighted by Crippen LogP contribution is 2.32. The van der Waals surface area contributed by atoms with E-state index in [-0.39, 0.29) is 11.9 Å². The van der Waals surface area contributed by atoms with Gasteiger partial charge in [0.05, 0.1) is 6.04 Å². The molecule has 1 aromatic carbocycles. The van der Waals surface area contributed by atoms with Gasteiger partial charge in [-0.05, 0) is 42.2 Å². The summed E-state index contributed by atoms with van der Waals surface area (Å²) in [6.45, 7) is 2.16. The SMILES string of the molecule is CCc1ccc(C(N)c2ccc3c(c2)CCC(=O)N3C)s1. The third-order valence-corrected chi connectivity index (χ3v) is 5.46. The average molecular weight is 300 g/mol. The molecule has 1 atom stereocenters. The molecule has 2 N–H and O–H groups in total. The van der Waals surface area contributed by atoms with Crippen molar-refractivity contribution >= 4 is 22.9 Å². The molecule has 0 fully saturated rings. The number of fused-ring (bicyclic) bond motifs is 1. The Morgan fingerprint density at radius 3 is 2.81 bits per heavy atom. The minimum atomic E-state index is -0.0801. The van der Waals surface area contributed by atoms with Crippen LogP contribution in [-0.4, -0.2) is 13.0 Å². The zero-order valence-electron chi connectivity index (χ0n) is 12.4. The number of aryl methyl sites for hydroxylation is 2. The van der Waals surface area contributed by atoms with Crippen molar-refractivity contribution in [3.63, 3.8) is 0 Å². The predicted octanol–water partition coefficient (Wildman–Crippen LogP) is 3.27. The minimum Gasteiger partial charge on any atom is -0.320 e. The highest BCUT2D eigenvalue weighted by Gasteiger charge is 2.22. The van der Waals surface area contributed by atoms with Crippen LogP contribution in [-0.2, 0) is 17.6 Å². The molecule has 2 heterocycles. The normalized spacial score (nSPS) is 16.0. The van der Waals surface area contributed by atoms with Crippen molar-refractivity contribution in [1.29, 1.82) is 0 Å². The topological polar surface area (TPSA) is 46.3 Å². The molecule has 1 unspecified atom stereocenters. The number of anilines is 1. The monoisotopic (exact) mass is 300 g/mol. The van der Waals surface area contributed by atoms with E-state index in [4.69, 9.17) is 5.73 Å². The molecule has 1 aliphatic heterocycles. The van der Waals surface area contributed by atoms with Crippen LogP contribution in [0.4, 0.5) is 5.69 Å². The molecule has 1 aliphatic rings. The zero-order chi connectivity index (χ0) is 15.0. The number of carbonyl (C=O) groups is 1. The van der Waals surface area contributed by atoms with Gasteiger partial charge in [-0.15, -0.1) is 11.3 Å². The maximum atomic E-state index is 11.7. The lowest BCUT2D eigenvalue weighted by atomic mass is 9.96. The number of amides is 1. The van der Waals surface area contributed by atoms with E-state index in [1.165, 1.54) is 15.3 Å². The Labute approximate surface area is 129 Å². The Morgan fingerprint density at radius 2 is 2.10 bits per heavy atom. The number of hydrogen-bond donors (Lipinski definition) is 1. The molecular weight excluding hydrogens is 280 g/mol. The summed E-state index contributed by atoms with van der Waals surface area (Å²) >= 11 is 1.78. The van der Waals surface area contributed by atoms with Crippen LogP contribution in [0.5, 0.6) is 0 Å². The summed E-state index contributed by atoms with van der Waals surface area (Å²) < 4.78 is 0. The van der Waals surface area contributed by atoms with Crippen LogP contribution in [0.25, 0.3) is 0 Å². The van der Waals surface area contributed by atoms with E-state index in [9.17, 15) is 4.79 Å². The van der Waals surface area contributed by atoms with Crippen molar-refractivity contribution in [2.75, 3.05) is 11.9 Å². The maximum Gasteiger partial charge on any atom is 0.227 e. The van der Waals surface area contributed by atoms with Crippen LogP contribution >= 0.6 is 11.3 Å². The van der Waals surface area contributed by atoms with Gasteiger partial charge in [0.1, 0.15) is 0 Å². The molecule has 0 radical (unpaired) electrons. The molecule has 0 aliphatic carbocycles. The van der Waals surface area contributed by atoms with E-state index in [1.54, 1.807) is 16.2 Å². The predicted molar refractivity (Wildman–Crippen MR) is 87.9 cm³/mol. The third-order valence-electron chi connectivity index (χ3n) is 4.14. The minimum absolute atomic E-state index is 0.0801. The number of thiophene rings is 1. The summed E-state index contributed by atoms with van der Waals surface area (Å²) in [5.74, 6) is 0.186. The second-order valence-electron chi connectivity index (χ2n) is 5.48. The largest absolute Gasteiger partial charge is 0.320 e. The zero-order valence-corrected chi connectivity index (χ0v) is 13.2. The Bertz CT molecular complexity index is 677. The first-order valence-corrected chi connectivity index (χ1v) is 8.15. The first-order chi connectivity index (χ1) is 10.1. The van der Waals surface area contributed by atoms with Crippen molar-refractivity contribution < 1.29 is 4.79 Å². The molecule has 1 aromatic heterocycles. The van der Waals surface area contributed by atoms with Crippen LogP contribution in [0, 0.1) is 0 Å². The smallest absolute Gasteiger partial charge is 0.227 e. The van der Waals surface area contributed by atoms with E-state index in [0.717, 1.165) is 24.1 Å². The summed E-state index contributed by atoms with van der Waals surface area (Å²) in [4.78, 5) is 16.0. The van der Waals surface area contributed by atoms with Crippen molar-refractivity contribution in [3.05, 3.63) is 51.2 Å². The van der Waals surface area contributed by atoms with Gasteiger partial charge in [0.2, 0.25) is 5.91 Å². The number of rotatable bonds is 3. The molecular formula is C17H20N2OS. The van der Waals surface area contributed by atoms with Crippen LogP contribution in [0.1, 0.15) is 40.3 Å². The number of nitrogens with zero attached hydrogens (tertiary/aromatic N) is 1. The number of hydrogen-bond acceptors (Lipinski definition) is 3. The van der Waals surface area contributed by atoms with E-state index in [1.807, 2.05) is 19.2 Å². The number of nitrogens with two attached hydrogens (primary N) is 1. The van der Waals surface area contributed by atoms with Crippen LogP contribution in [0.15, 0.2) is 30.3 Å². The summed E-state index contributed by atoms with van der Waals surface area (Å²) in [6.07, 6.45) is 2.44.